The van der Waals surface area contributed by atoms with Crippen LogP contribution in [-0.2, 0) is 0 Å². The number of hydrogen-bond donors (Lipinski definition) is 1. The van der Waals surface area contributed by atoms with Crippen LogP contribution < -0.4 is 5.32 Å². The molecule has 3 heteroatoms. The van der Waals surface area contributed by atoms with E-state index in [2.05, 4.69) is 44.9 Å². The number of nitrogens with one attached hydrogen (secondary N) is 1. The van der Waals surface area contributed by atoms with Gasteiger partial charge in [0.15, 0.2) is 0 Å². The fraction of sp³-hybridized carbons (Fsp3) is 0.643. The number of rotatable bonds is 3. The normalized spacial score (nSPS) is 23.4. The third kappa shape index (κ3) is 1.97. The van der Waals surface area contributed by atoms with Gasteiger partial charge in [-0.3, -0.25) is 4.98 Å². The molecule has 0 aromatic carbocycles. The Morgan fingerprint density at radius 1 is 1.24 bits per heavy atom. The summed E-state index contributed by atoms with van der Waals surface area (Å²) in [6, 6.07) is 3.84. The summed E-state index contributed by atoms with van der Waals surface area (Å²) in [7, 11) is 0. The zero-order valence-corrected chi connectivity index (χ0v) is 11.2. The fourth-order valence-electron chi connectivity index (χ4n) is 2.59. The molecule has 1 aliphatic carbocycles. The van der Waals surface area contributed by atoms with Crippen LogP contribution in [0.3, 0.4) is 0 Å². The van der Waals surface area contributed by atoms with Crippen molar-refractivity contribution in [2.75, 3.05) is 0 Å². The summed E-state index contributed by atoms with van der Waals surface area (Å²) in [5.74, 6) is -0.284. The van der Waals surface area contributed by atoms with Crippen molar-refractivity contribution in [2.24, 2.45) is 10.8 Å². The van der Waals surface area contributed by atoms with E-state index in [1.54, 1.807) is 6.07 Å². The lowest BCUT2D eigenvalue weighted by Crippen LogP contribution is -2.26. The maximum absolute atomic E-state index is 12.8. The Labute approximate surface area is 103 Å². The molecule has 0 aliphatic heterocycles. The van der Waals surface area contributed by atoms with E-state index in [0.717, 1.165) is 5.69 Å². The molecule has 1 fully saturated rings. The van der Waals surface area contributed by atoms with Gasteiger partial charge in [0, 0.05) is 12.1 Å². The van der Waals surface area contributed by atoms with E-state index in [4.69, 9.17) is 0 Å². The average molecular weight is 236 g/mol. The van der Waals surface area contributed by atoms with E-state index in [0.29, 0.717) is 16.9 Å². The molecule has 17 heavy (non-hydrogen) atoms. The van der Waals surface area contributed by atoms with Gasteiger partial charge < -0.3 is 5.32 Å². The van der Waals surface area contributed by atoms with Gasteiger partial charge in [-0.1, -0.05) is 27.7 Å². The molecule has 1 aromatic heterocycles. The Morgan fingerprint density at radius 2 is 1.82 bits per heavy atom. The predicted molar refractivity (Wildman–Crippen MR) is 67.1 cm³/mol. The molecule has 0 bridgehead atoms. The molecule has 1 heterocycles. The molecule has 0 amide bonds. The van der Waals surface area contributed by atoms with Gasteiger partial charge in [0.25, 0.3) is 0 Å². The minimum atomic E-state index is -0.284. The molecule has 0 radical (unpaired) electrons. The van der Waals surface area contributed by atoms with Crippen molar-refractivity contribution in [3.05, 3.63) is 29.8 Å². The summed E-state index contributed by atoms with van der Waals surface area (Å²) in [6.45, 7) is 11.2. The molecule has 94 valence electrons. The van der Waals surface area contributed by atoms with E-state index in [1.165, 1.54) is 12.3 Å². The maximum Gasteiger partial charge on any atom is 0.141 e. The molecular formula is C14H21FN2. The molecule has 1 aromatic rings. The van der Waals surface area contributed by atoms with Gasteiger partial charge in [0.2, 0.25) is 0 Å². The first kappa shape index (κ1) is 12.5. The highest BCUT2D eigenvalue weighted by atomic mass is 19.1. The van der Waals surface area contributed by atoms with Crippen molar-refractivity contribution >= 4 is 0 Å². The van der Waals surface area contributed by atoms with Gasteiger partial charge in [-0.2, -0.15) is 0 Å². The summed E-state index contributed by atoms with van der Waals surface area (Å²) < 4.78 is 12.8. The highest BCUT2D eigenvalue weighted by molar-refractivity contribution is 5.20. The van der Waals surface area contributed by atoms with Crippen LogP contribution in [0.4, 0.5) is 4.39 Å². The van der Waals surface area contributed by atoms with Gasteiger partial charge in [0.05, 0.1) is 11.9 Å². The number of pyridine rings is 1. The Kier molecular flexibility index (Phi) is 2.77. The molecule has 2 nitrogen and oxygen atoms in total. The Morgan fingerprint density at radius 3 is 2.24 bits per heavy atom. The second-order valence-electron chi connectivity index (χ2n) is 6.17. The highest BCUT2D eigenvalue weighted by Gasteiger charge is 2.64. The minimum Gasteiger partial charge on any atom is -0.305 e. The predicted octanol–water partition coefficient (Wildman–Crippen LogP) is 3.31. The van der Waals surface area contributed by atoms with Gasteiger partial charge in [-0.25, -0.2) is 4.39 Å². The van der Waals surface area contributed by atoms with Crippen molar-refractivity contribution in [1.29, 1.82) is 0 Å². The van der Waals surface area contributed by atoms with Crippen LogP contribution in [0.15, 0.2) is 18.3 Å². The first-order chi connectivity index (χ1) is 7.76. The maximum atomic E-state index is 12.8. The second kappa shape index (κ2) is 3.77. The Bertz CT molecular complexity index is 395. The van der Waals surface area contributed by atoms with Crippen LogP contribution in [0.1, 0.15) is 46.4 Å². The lowest BCUT2D eigenvalue weighted by atomic mass is 10.0. The lowest BCUT2D eigenvalue weighted by Gasteiger charge is -2.14. The fourth-order valence-corrected chi connectivity index (χ4v) is 2.59. The van der Waals surface area contributed by atoms with Gasteiger partial charge >= 0.3 is 0 Å². The third-order valence-electron chi connectivity index (χ3n) is 4.63. The summed E-state index contributed by atoms with van der Waals surface area (Å²) in [4.78, 5) is 4.12. The Hall–Kier alpha value is -0.960. The smallest absolute Gasteiger partial charge is 0.141 e. The van der Waals surface area contributed by atoms with Crippen LogP contribution in [0.5, 0.6) is 0 Å². The summed E-state index contributed by atoms with van der Waals surface area (Å²) in [5, 5.41) is 3.59. The molecule has 1 atom stereocenters. The van der Waals surface area contributed by atoms with E-state index in [1.807, 2.05) is 0 Å². The van der Waals surface area contributed by atoms with Crippen LogP contribution in [-0.4, -0.2) is 11.0 Å². The van der Waals surface area contributed by atoms with E-state index >= 15 is 0 Å². The molecule has 1 N–H and O–H groups in total. The third-order valence-corrected chi connectivity index (χ3v) is 4.63. The monoisotopic (exact) mass is 236 g/mol. The van der Waals surface area contributed by atoms with Gasteiger partial charge in [-0.05, 0) is 29.9 Å². The molecule has 0 saturated heterocycles. The van der Waals surface area contributed by atoms with Gasteiger partial charge in [-0.15, -0.1) is 0 Å². The SMILES string of the molecule is CC(NC1C(C)(C)C1(C)C)c1ccc(F)cn1. The largest absolute Gasteiger partial charge is 0.305 e. The van der Waals surface area contributed by atoms with Crippen molar-refractivity contribution in [1.82, 2.24) is 10.3 Å². The molecule has 1 aliphatic rings. The Balaban J connectivity index is 2.04. The zero-order chi connectivity index (χ0) is 12.8. The molecule has 1 unspecified atom stereocenters. The highest BCUT2D eigenvalue weighted by Crippen LogP contribution is 2.63. The topological polar surface area (TPSA) is 24.9 Å². The lowest BCUT2D eigenvalue weighted by molar-refractivity contribution is 0.457. The van der Waals surface area contributed by atoms with Crippen molar-refractivity contribution in [2.45, 2.75) is 46.7 Å². The molecule has 2 rings (SSSR count). The van der Waals surface area contributed by atoms with E-state index in [-0.39, 0.29) is 11.9 Å². The summed E-state index contributed by atoms with van der Waals surface area (Å²) >= 11 is 0. The standard InChI is InChI=1S/C14H21FN2/c1-9(11-7-6-10(15)8-16-11)17-12-13(2,3)14(12,4)5/h6-9,12,17H,1-5H3. The minimum absolute atomic E-state index is 0.154. The number of aromatic nitrogens is 1. The van der Waals surface area contributed by atoms with E-state index in [9.17, 15) is 4.39 Å². The van der Waals surface area contributed by atoms with E-state index < -0.39 is 0 Å². The summed E-state index contributed by atoms with van der Waals surface area (Å²) in [6.07, 6.45) is 1.27. The first-order valence-electron chi connectivity index (χ1n) is 6.14. The van der Waals surface area contributed by atoms with Crippen LogP contribution in [0, 0.1) is 16.6 Å². The first-order valence-corrected chi connectivity index (χ1v) is 6.14. The zero-order valence-electron chi connectivity index (χ0n) is 11.2. The van der Waals surface area contributed by atoms with Crippen molar-refractivity contribution in [3.8, 4) is 0 Å². The van der Waals surface area contributed by atoms with Crippen LogP contribution in [0.25, 0.3) is 0 Å². The number of halogens is 1. The number of hydrogen-bond acceptors (Lipinski definition) is 2. The molecule has 1 saturated carbocycles. The summed E-state index contributed by atoms with van der Waals surface area (Å²) in [5.41, 5.74) is 1.51. The second-order valence-corrected chi connectivity index (χ2v) is 6.17. The molecular weight excluding hydrogens is 215 g/mol. The van der Waals surface area contributed by atoms with Crippen LogP contribution >= 0.6 is 0 Å². The number of nitrogens with zero attached hydrogens (tertiary/aromatic N) is 1. The van der Waals surface area contributed by atoms with Crippen LogP contribution in [0.2, 0.25) is 0 Å². The van der Waals surface area contributed by atoms with Crippen molar-refractivity contribution < 1.29 is 4.39 Å². The van der Waals surface area contributed by atoms with Gasteiger partial charge in [0.1, 0.15) is 5.82 Å². The average Bonchev–Trinajstić information content (AvgIpc) is 2.62. The molecule has 0 spiro atoms. The van der Waals surface area contributed by atoms with Crippen molar-refractivity contribution in [3.63, 3.8) is 0 Å². The quantitative estimate of drug-likeness (QED) is 0.871.